The van der Waals surface area contributed by atoms with Crippen molar-refractivity contribution in [2.75, 3.05) is 13.1 Å². The first kappa shape index (κ1) is 13.1. The lowest BCUT2D eigenvalue weighted by atomic mass is 10.2. The van der Waals surface area contributed by atoms with Crippen LogP contribution in [-0.4, -0.2) is 33.6 Å². The first-order valence-corrected chi connectivity index (χ1v) is 7.25. The third-order valence-corrected chi connectivity index (χ3v) is 6.72. The normalized spacial score (nSPS) is 37.1. The van der Waals surface area contributed by atoms with Crippen molar-refractivity contribution in [3.63, 3.8) is 0 Å². The maximum absolute atomic E-state index is 12.2. The zero-order chi connectivity index (χ0) is 11.7. The highest BCUT2D eigenvalue weighted by molar-refractivity contribution is 7.65. The van der Waals surface area contributed by atoms with Gasteiger partial charge in [0.1, 0.15) is 5.02 Å². The SMILES string of the molecule is CCNC1(P)CCC(=O)N(CC)P1(=O)O. The van der Waals surface area contributed by atoms with Crippen LogP contribution in [0.5, 0.6) is 0 Å². The van der Waals surface area contributed by atoms with Crippen molar-refractivity contribution < 1.29 is 14.3 Å². The molecule has 15 heavy (non-hydrogen) atoms. The molecule has 1 amide bonds. The molecule has 0 aliphatic carbocycles. The van der Waals surface area contributed by atoms with Gasteiger partial charge < -0.3 is 4.89 Å². The number of hydrogen-bond donors (Lipinski definition) is 2. The predicted octanol–water partition coefficient (Wildman–Crippen LogP) is 0.952. The molecular weight excluding hydrogens is 234 g/mol. The Hall–Kier alpha value is 0.0500. The molecule has 1 saturated heterocycles. The molecule has 0 bridgehead atoms. The molecule has 1 aliphatic heterocycles. The monoisotopic (exact) mass is 252 g/mol. The molecule has 3 atom stereocenters. The first-order valence-electron chi connectivity index (χ1n) is 5.06. The van der Waals surface area contributed by atoms with Gasteiger partial charge in [0.25, 0.3) is 0 Å². The molecule has 0 aromatic heterocycles. The summed E-state index contributed by atoms with van der Waals surface area (Å²) in [7, 11) is -1.25. The lowest BCUT2D eigenvalue weighted by Gasteiger charge is -2.43. The van der Waals surface area contributed by atoms with Crippen molar-refractivity contribution in [1.29, 1.82) is 0 Å². The van der Waals surface area contributed by atoms with Gasteiger partial charge in [-0.15, -0.1) is 9.24 Å². The summed E-state index contributed by atoms with van der Waals surface area (Å²) in [6, 6.07) is 0. The molecule has 3 unspecified atom stereocenters. The quantitative estimate of drug-likeness (QED) is 0.734. The minimum absolute atomic E-state index is 0.237. The molecule has 1 fully saturated rings. The Kier molecular flexibility index (Phi) is 3.94. The van der Waals surface area contributed by atoms with Gasteiger partial charge >= 0.3 is 7.52 Å². The van der Waals surface area contributed by atoms with Gasteiger partial charge in [0.15, 0.2) is 0 Å². The summed E-state index contributed by atoms with van der Waals surface area (Å²) >= 11 is 0. The highest BCUT2D eigenvalue weighted by Crippen LogP contribution is 2.63. The second-order valence-electron chi connectivity index (χ2n) is 3.61. The van der Waals surface area contributed by atoms with Crippen LogP contribution in [-0.2, 0) is 9.36 Å². The van der Waals surface area contributed by atoms with Gasteiger partial charge in [-0.25, -0.2) is 0 Å². The zero-order valence-corrected chi connectivity index (χ0v) is 11.1. The van der Waals surface area contributed by atoms with E-state index in [1.54, 1.807) is 6.92 Å². The number of amides is 1. The zero-order valence-electron chi connectivity index (χ0n) is 9.06. The van der Waals surface area contributed by atoms with Crippen LogP contribution < -0.4 is 5.32 Å². The summed E-state index contributed by atoms with van der Waals surface area (Å²) in [6.07, 6.45) is 0.698. The van der Waals surface area contributed by atoms with Gasteiger partial charge in [-0.1, -0.05) is 6.92 Å². The van der Waals surface area contributed by atoms with Crippen LogP contribution >= 0.6 is 16.8 Å². The highest BCUT2D eigenvalue weighted by Gasteiger charge is 2.52. The molecule has 5 nitrogen and oxygen atoms in total. The number of rotatable bonds is 3. The number of carbonyl (C=O) groups is 1. The fourth-order valence-electron chi connectivity index (χ4n) is 1.80. The summed E-state index contributed by atoms with van der Waals surface area (Å²) in [4.78, 5) is 21.5. The van der Waals surface area contributed by atoms with Gasteiger partial charge in [0.05, 0.1) is 0 Å². The molecule has 7 heteroatoms. The van der Waals surface area contributed by atoms with E-state index in [1.165, 1.54) is 0 Å². The van der Waals surface area contributed by atoms with Crippen molar-refractivity contribution in [2.24, 2.45) is 0 Å². The van der Waals surface area contributed by atoms with E-state index in [2.05, 4.69) is 14.6 Å². The molecule has 2 N–H and O–H groups in total. The molecule has 1 heterocycles. The van der Waals surface area contributed by atoms with Crippen molar-refractivity contribution in [3.8, 4) is 0 Å². The van der Waals surface area contributed by atoms with Gasteiger partial charge in [0.2, 0.25) is 5.91 Å². The molecule has 1 rings (SSSR count). The van der Waals surface area contributed by atoms with Crippen molar-refractivity contribution in [1.82, 2.24) is 9.99 Å². The minimum atomic E-state index is -3.66. The van der Waals surface area contributed by atoms with Crippen LogP contribution in [0.3, 0.4) is 0 Å². The van der Waals surface area contributed by atoms with Crippen LogP contribution in [0.4, 0.5) is 0 Å². The van der Waals surface area contributed by atoms with Crippen LogP contribution in [0.2, 0.25) is 0 Å². The van der Waals surface area contributed by atoms with Gasteiger partial charge in [-0.05, 0) is 19.9 Å². The molecule has 1 aliphatic rings. The number of nitrogens with one attached hydrogen (secondary N) is 1. The summed E-state index contributed by atoms with van der Waals surface area (Å²) in [5.74, 6) is -0.237. The lowest BCUT2D eigenvalue weighted by molar-refractivity contribution is -0.128. The van der Waals surface area contributed by atoms with Crippen molar-refractivity contribution in [3.05, 3.63) is 0 Å². The third kappa shape index (κ3) is 2.12. The topological polar surface area (TPSA) is 69.6 Å². The Morgan fingerprint density at radius 2 is 2.27 bits per heavy atom. The second kappa shape index (κ2) is 4.50. The van der Waals surface area contributed by atoms with E-state index in [9.17, 15) is 14.3 Å². The summed E-state index contributed by atoms with van der Waals surface area (Å²) < 4.78 is 13.3. The Morgan fingerprint density at radius 1 is 1.67 bits per heavy atom. The smallest absolute Gasteiger partial charge is 0.319 e. The second-order valence-corrected chi connectivity index (χ2v) is 7.45. The van der Waals surface area contributed by atoms with E-state index in [0.717, 1.165) is 4.67 Å². The van der Waals surface area contributed by atoms with Crippen LogP contribution in [0.15, 0.2) is 0 Å². The maximum atomic E-state index is 12.2. The molecular formula is C8H18N2O3P2. The van der Waals surface area contributed by atoms with Gasteiger partial charge in [-0.3, -0.25) is 19.3 Å². The Morgan fingerprint density at radius 3 is 2.73 bits per heavy atom. The number of hydrogen-bond acceptors (Lipinski definition) is 3. The van der Waals surface area contributed by atoms with Gasteiger partial charge in [-0.2, -0.15) is 0 Å². The highest BCUT2D eigenvalue weighted by atomic mass is 31.2. The summed E-state index contributed by atoms with van der Waals surface area (Å²) in [5, 5.41) is 2.05. The Labute approximate surface area is 92.3 Å². The Bertz CT molecular complexity index is 310. The molecule has 0 spiro atoms. The summed E-state index contributed by atoms with van der Waals surface area (Å²) in [5.41, 5.74) is 0. The van der Waals surface area contributed by atoms with E-state index in [4.69, 9.17) is 0 Å². The first-order chi connectivity index (χ1) is 6.89. The lowest BCUT2D eigenvalue weighted by Crippen LogP contribution is -2.49. The van der Waals surface area contributed by atoms with E-state index >= 15 is 0 Å². The van der Waals surface area contributed by atoms with Crippen molar-refractivity contribution >= 4 is 22.7 Å². The van der Waals surface area contributed by atoms with E-state index in [1.807, 2.05) is 6.92 Å². The van der Waals surface area contributed by atoms with Crippen LogP contribution in [0.1, 0.15) is 26.7 Å². The fraction of sp³-hybridized carbons (Fsp3) is 0.875. The van der Waals surface area contributed by atoms with E-state index < -0.39 is 12.5 Å². The molecule has 0 aromatic rings. The fourth-order valence-corrected chi connectivity index (χ4v) is 4.55. The molecule has 0 aromatic carbocycles. The van der Waals surface area contributed by atoms with Gasteiger partial charge in [0, 0.05) is 13.0 Å². The minimum Gasteiger partial charge on any atom is -0.328 e. The average Bonchev–Trinajstić information content (AvgIpc) is 2.14. The Balaban J connectivity index is 3.04. The number of nitrogens with zero attached hydrogens (tertiary/aromatic N) is 1. The average molecular weight is 252 g/mol. The largest absolute Gasteiger partial charge is 0.328 e. The number of carbonyl (C=O) groups excluding carboxylic acids is 1. The maximum Gasteiger partial charge on any atom is 0.319 e. The van der Waals surface area contributed by atoms with Crippen LogP contribution in [0, 0.1) is 0 Å². The van der Waals surface area contributed by atoms with E-state index in [-0.39, 0.29) is 12.5 Å². The standard InChI is InChI=1S/C8H18N2O3P2/c1-3-9-8(14)6-5-7(11)10(4-2)15(8,12)13/h9H,3-6,14H2,1-2H3,(H,12,13). The third-order valence-electron chi connectivity index (χ3n) is 2.64. The molecule has 88 valence electrons. The predicted molar refractivity (Wildman–Crippen MR) is 62.6 cm³/mol. The molecule has 0 radical (unpaired) electrons. The summed E-state index contributed by atoms with van der Waals surface area (Å²) in [6.45, 7) is 4.45. The van der Waals surface area contributed by atoms with Crippen molar-refractivity contribution in [2.45, 2.75) is 31.7 Å². The van der Waals surface area contributed by atoms with Crippen LogP contribution in [0.25, 0.3) is 0 Å². The molecule has 0 saturated carbocycles. The van der Waals surface area contributed by atoms with E-state index in [0.29, 0.717) is 19.4 Å².